The normalized spacial score (nSPS) is 14.5. The van der Waals surface area contributed by atoms with Crippen LogP contribution in [0.25, 0.3) is 0 Å². The highest BCUT2D eigenvalue weighted by Crippen LogP contribution is 2.43. The summed E-state index contributed by atoms with van der Waals surface area (Å²) < 4.78 is 47.8. The van der Waals surface area contributed by atoms with E-state index in [1.165, 1.54) is 57.8 Å². The Morgan fingerprint density at radius 2 is 0.881 bits per heavy atom. The van der Waals surface area contributed by atoms with Crippen LogP contribution in [0.15, 0.2) is 48.6 Å². The number of rotatable bonds is 42. The number of hydrogen-bond donors (Lipinski definition) is 4. The summed E-state index contributed by atoms with van der Waals surface area (Å²) in [5.74, 6) is -1.07. The molecule has 0 rings (SSSR count). The van der Waals surface area contributed by atoms with E-state index in [-0.39, 0.29) is 12.8 Å². The number of carbonyl (C=O) groups is 2. The van der Waals surface area contributed by atoms with Crippen molar-refractivity contribution in [2.75, 3.05) is 26.4 Å². The van der Waals surface area contributed by atoms with E-state index in [0.29, 0.717) is 12.8 Å². The van der Waals surface area contributed by atoms with Crippen molar-refractivity contribution in [1.82, 2.24) is 0 Å². The number of unbranched alkanes of at least 4 members (excludes halogenated alkanes) is 18. The van der Waals surface area contributed by atoms with Crippen molar-refractivity contribution in [3.8, 4) is 0 Å². The van der Waals surface area contributed by atoms with Gasteiger partial charge in [0.15, 0.2) is 6.10 Å². The number of phosphoric ester groups is 2. The van der Waals surface area contributed by atoms with Crippen LogP contribution >= 0.6 is 15.6 Å². The molecule has 344 valence electrons. The Morgan fingerprint density at radius 3 is 1.41 bits per heavy atom. The first-order valence-corrected chi connectivity index (χ1v) is 25.4. The Hall–Kier alpha value is -1.92. The summed E-state index contributed by atoms with van der Waals surface area (Å²) in [5.41, 5.74) is 0. The Kier molecular flexibility index (Phi) is 38.9. The van der Waals surface area contributed by atoms with Crippen molar-refractivity contribution in [3.63, 3.8) is 0 Å². The number of aliphatic hydroxyl groups excluding tert-OH is 1. The van der Waals surface area contributed by atoms with Crippen LogP contribution in [0.1, 0.15) is 181 Å². The predicted molar refractivity (Wildman–Crippen MR) is 235 cm³/mol. The summed E-state index contributed by atoms with van der Waals surface area (Å²) in [6.07, 6.45) is 41.0. The van der Waals surface area contributed by atoms with Crippen LogP contribution in [-0.2, 0) is 41.8 Å². The SMILES string of the molecule is CCCCC/C=C\C/C=C\C/C=C\CCCCCCC(=O)O[C@H](COC(=O)CCCCCCC/C=C\CCCCCCCC)COP(=O)(O)OC[C@@H](O)COP(=O)(O)O. The van der Waals surface area contributed by atoms with Gasteiger partial charge < -0.3 is 29.3 Å². The van der Waals surface area contributed by atoms with Crippen LogP contribution in [0.4, 0.5) is 0 Å². The van der Waals surface area contributed by atoms with E-state index < -0.39 is 66.2 Å². The maximum atomic E-state index is 12.7. The molecular weight excluding hydrogens is 798 g/mol. The van der Waals surface area contributed by atoms with Crippen molar-refractivity contribution >= 4 is 27.6 Å². The fourth-order valence-corrected chi connectivity index (χ4v) is 6.92. The highest BCUT2D eigenvalue weighted by atomic mass is 31.2. The molecule has 0 saturated heterocycles. The topological polar surface area (TPSA) is 195 Å². The predicted octanol–water partition coefficient (Wildman–Crippen LogP) is 11.5. The summed E-state index contributed by atoms with van der Waals surface area (Å²) in [5, 5.41) is 9.75. The number of ether oxygens (including phenoxy) is 2. The quantitative estimate of drug-likeness (QED) is 0.0196. The van der Waals surface area contributed by atoms with E-state index in [2.05, 4.69) is 71.5 Å². The van der Waals surface area contributed by atoms with Crippen molar-refractivity contribution in [2.45, 2.75) is 193 Å². The van der Waals surface area contributed by atoms with E-state index in [4.69, 9.17) is 23.8 Å². The molecule has 13 nitrogen and oxygen atoms in total. The molecule has 0 fully saturated rings. The zero-order chi connectivity index (χ0) is 43.7. The third-order valence-electron chi connectivity index (χ3n) is 9.18. The molecule has 0 radical (unpaired) electrons. The minimum absolute atomic E-state index is 0.103. The summed E-state index contributed by atoms with van der Waals surface area (Å²) >= 11 is 0. The Balaban J connectivity index is 4.57. The lowest BCUT2D eigenvalue weighted by Crippen LogP contribution is -2.30. The van der Waals surface area contributed by atoms with E-state index in [1.807, 2.05) is 0 Å². The van der Waals surface area contributed by atoms with Crippen molar-refractivity contribution in [1.29, 1.82) is 0 Å². The molecule has 0 aliphatic rings. The van der Waals surface area contributed by atoms with Crippen LogP contribution in [0, 0.1) is 0 Å². The molecule has 0 bridgehead atoms. The molecule has 15 heteroatoms. The number of aliphatic hydroxyl groups is 1. The zero-order valence-electron chi connectivity index (χ0n) is 36.3. The first-order chi connectivity index (χ1) is 28.4. The van der Waals surface area contributed by atoms with Gasteiger partial charge in [-0.1, -0.05) is 140 Å². The smallest absolute Gasteiger partial charge is 0.462 e. The lowest BCUT2D eigenvalue weighted by atomic mass is 10.1. The second-order valence-electron chi connectivity index (χ2n) is 15.0. The minimum atomic E-state index is -4.87. The van der Waals surface area contributed by atoms with Crippen LogP contribution in [0.5, 0.6) is 0 Å². The maximum absolute atomic E-state index is 12.7. The number of esters is 2. The molecular formula is C44H80O13P2. The minimum Gasteiger partial charge on any atom is -0.462 e. The first kappa shape index (κ1) is 57.1. The van der Waals surface area contributed by atoms with Gasteiger partial charge in [-0.25, -0.2) is 9.13 Å². The van der Waals surface area contributed by atoms with Crippen LogP contribution in [-0.4, -0.2) is 70.4 Å². The van der Waals surface area contributed by atoms with Crippen LogP contribution in [0.2, 0.25) is 0 Å². The average Bonchev–Trinajstić information content (AvgIpc) is 3.19. The first-order valence-electron chi connectivity index (χ1n) is 22.3. The monoisotopic (exact) mass is 879 g/mol. The molecule has 0 aromatic carbocycles. The Morgan fingerprint density at radius 1 is 0.492 bits per heavy atom. The highest BCUT2D eigenvalue weighted by molar-refractivity contribution is 7.47. The second kappa shape index (κ2) is 40.2. The fraction of sp³-hybridized carbons (Fsp3) is 0.773. The number of hydrogen-bond acceptors (Lipinski definition) is 10. The molecule has 4 N–H and O–H groups in total. The Labute approximate surface area is 356 Å². The molecule has 0 saturated carbocycles. The summed E-state index contributed by atoms with van der Waals surface area (Å²) in [6, 6.07) is 0. The van der Waals surface area contributed by atoms with Gasteiger partial charge in [-0.3, -0.25) is 23.2 Å². The molecule has 0 aliphatic heterocycles. The lowest BCUT2D eigenvalue weighted by Gasteiger charge is -2.20. The van der Waals surface area contributed by atoms with Crippen molar-refractivity contribution in [2.24, 2.45) is 0 Å². The average molecular weight is 879 g/mol. The third kappa shape index (κ3) is 44.0. The van der Waals surface area contributed by atoms with Gasteiger partial charge in [-0.05, 0) is 77.0 Å². The molecule has 1 unspecified atom stereocenters. The summed E-state index contributed by atoms with van der Waals surface area (Å²) in [4.78, 5) is 52.7. The van der Waals surface area contributed by atoms with E-state index in [1.54, 1.807) is 0 Å². The number of carbonyl (C=O) groups excluding carboxylic acids is 2. The van der Waals surface area contributed by atoms with E-state index in [0.717, 1.165) is 83.5 Å². The van der Waals surface area contributed by atoms with Gasteiger partial charge in [-0.15, -0.1) is 0 Å². The summed E-state index contributed by atoms with van der Waals surface area (Å²) in [7, 11) is -9.68. The third-order valence-corrected chi connectivity index (χ3v) is 10.6. The van der Waals surface area contributed by atoms with Gasteiger partial charge in [0.1, 0.15) is 12.7 Å². The van der Waals surface area contributed by atoms with Gasteiger partial charge in [-0.2, -0.15) is 0 Å². The standard InChI is InChI=1S/C44H80O13P2/c1-3-5-7-9-11-13-15-17-19-20-22-24-26-28-30-32-34-36-44(47)57-42(40-56-59(51,52)55-38-41(45)37-54-58(48,49)50)39-53-43(46)35-33-31-29-27-25-23-21-18-16-14-12-10-8-6-4-2/h11,13,17-19,21-22,24,41-42,45H,3-10,12,14-16,20,23,25-40H2,1-2H3,(H,51,52)(H2,48,49,50)/b13-11-,19-17-,21-18-,24-22-/t41-,42+/m0/s1. The van der Waals surface area contributed by atoms with Gasteiger partial charge in [0.25, 0.3) is 0 Å². The van der Waals surface area contributed by atoms with E-state index in [9.17, 15) is 28.7 Å². The summed E-state index contributed by atoms with van der Waals surface area (Å²) in [6.45, 7) is 1.70. The van der Waals surface area contributed by atoms with Crippen molar-refractivity contribution in [3.05, 3.63) is 48.6 Å². The van der Waals surface area contributed by atoms with Gasteiger partial charge in [0.2, 0.25) is 0 Å². The van der Waals surface area contributed by atoms with Crippen LogP contribution in [0.3, 0.4) is 0 Å². The van der Waals surface area contributed by atoms with Crippen molar-refractivity contribution < 1.29 is 61.6 Å². The molecule has 59 heavy (non-hydrogen) atoms. The molecule has 0 heterocycles. The lowest BCUT2D eigenvalue weighted by molar-refractivity contribution is -0.161. The number of allylic oxidation sites excluding steroid dienone is 8. The second-order valence-corrected chi connectivity index (χ2v) is 17.7. The molecule has 0 aliphatic carbocycles. The van der Waals surface area contributed by atoms with Gasteiger partial charge in [0, 0.05) is 12.8 Å². The van der Waals surface area contributed by atoms with Crippen LogP contribution < -0.4 is 0 Å². The van der Waals surface area contributed by atoms with Gasteiger partial charge in [0.05, 0.1) is 19.8 Å². The molecule has 0 spiro atoms. The largest absolute Gasteiger partial charge is 0.472 e. The fourth-order valence-electron chi connectivity index (χ4n) is 5.76. The Bertz CT molecular complexity index is 1230. The maximum Gasteiger partial charge on any atom is 0.472 e. The molecule has 0 aromatic rings. The molecule has 0 amide bonds. The highest BCUT2D eigenvalue weighted by Gasteiger charge is 2.28. The zero-order valence-corrected chi connectivity index (χ0v) is 38.1. The van der Waals surface area contributed by atoms with E-state index >= 15 is 0 Å². The molecule has 0 aromatic heterocycles. The van der Waals surface area contributed by atoms with Gasteiger partial charge >= 0.3 is 27.6 Å². The molecule has 3 atom stereocenters. The number of phosphoric acid groups is 2.